The second kappa shape index (κ2) is 11.5. The molecular weight excluding hydrogens is 607 g/mol. The molecule has 3 N–H and O–H groups in total. The van der Waals surface area contributed by atoms with Crippen LogP contribution in [0.4, 0.5) is 21.0 Å². The number of rotatable bonds is 5. The number of halogens is 3. The Bertz CT molecular complexity index is 1400. The van der Waals surface area contributed by atoms with E-state index in [0.29, 0.717) is 27.0 Å². The van der Waals surface area contributed by atoms with Crippen LogP contribution in [0.5, 0.6) is 0 Å². The lowest BCUT2D eigenvalue weighted by Crippen LogP contribution is -2.69. The topological polar surface area (TPSA) is 99.8 Å². The molecule has 0 bridgehead atoms. The maximum atomic E-state index is 13.4. The highest BCUT2D eigenvalue weighted by Crippen LogP contribution is 2.34. The minimum atomic E-state index is -0.802. The van der Waals surface area contributed by atoms with Gasteiger partial charge in [0.05, 0.1) is 23.1 Å². The van der Waals surface area contributed by atoms with Crippen LogP contribution in [0.1, 0.15) is 36.7 Å². The molecule has 11 heteroatoms. The van der Waals surface area contributed by atoms with Crippen LogP contribution < -0.4 is 16.0 Å². The standard InChI is InChI=1S/C28H27BrCl2N4O4/c1-27(2,3)39-26(38)35-15-28(16-35,18-7-9-19(29)10-8-18)34-24(36)17-5-4-6-20(13-17)32-25(37)33-21-11-12-22(30)23(31)14-21/h4-14H,15-16H2,1-3H3,(H,34,36)(H2,32,33,37). The highest BCUT2D eigenvalue weighted by molar-refractivity contribution is 9.10. The first-order chi connectivity index (χ1) is 18.3. The third-order valence-electron chi connectivity index (χ3n) is 5.88. The van der Waals surface area contributed by atoms with Gasteiger partial charge in [-0.2, -0.15) is 0 Å². The van der Waals surface area contributed by atoms with E-state index in [1.165, 1.54) is 6.07 Å². The van der Waals surface area contributed by atoms with Gasteiger partial charge in [-0.1, -0.05) is 57.3 Å². The summed E-state index contributed by atoms with van der Waals surface area (Å²) in [5, 5.41) is 9.18. The molecule has 1 saturated heterocycles. The summed E-state index contributed by atoms with van der Waals surface area (Å²) >= 11 is 15.4. The zero-order valence-electron chi connectivity index (χ0n) is 21.5. The van der Waals surface area contributed by atoms with Gasteiger partial charge < -0.3 is 25.6 Å². The van der Waals surface area contributed by atoms with Crippen molar-refractivity contribution in [1.29, 1.82) is 0 Å². The summed E-state index contributed by atoms with van der Waals surface area (Å²) in [5.41, 5.74) is 0.649. The van der Waals surface area contributed by atoms with Crippen LogP contribution in [0.2, 0.25) is 10.0 Å². The largest absolute Gasteiger partial charge is 0.444 e. The molecule has 0 unspecified atom stereocenters. The van der Waals surface area contributed by atoms with E-state index in [2.05, 4.69) is 31.9 Å². The molecule has 4 rings (SSSR count). The summed E-state index contributed by atoms with van der Waals surface area (Å²) in [4.78, 5) is 40.1. The van der Waals surface area contributed by atoms with E-state index in [9.17, 15) is 14.4 Å². The fourth-order valence-corrected chi connectivity index (χ4v) is 4.62. The quantitative estimate of drug-likeness (QED) is 0.275. The number of hydrogen-bond acceptors (Lipinski definition) is 4. The van der Waals surface area contributed by atoms with Crippen LogP contribution in [0.3, 0.4) is 0 Å². The number of carbonyl (C=O) groups is 3. The Morgan fingerprint density at radius 2 is 1.54 bits per heavy atom. The molecule has 1 aliphatic rings. The summed E-state index contributed by atoms with van der Waals surface area (Å²) in [6.07, 6.45) is -0.441. The molecule has 1 heterocycles. The van der Waals surface area contributed by atoms with Crippen molar-refractivity contribution in [2.24, 2.45) is 0 Å². The molecule has 0 aromatic heterocycles. The monoisotopic (exact) mass is 632 g/mol. The number of urea groups is 1. The lowest BCUT2D eigenvalue weighted by atomic mass is 9.82. The number of nitrogens with zero attached hydrogens (tertiary/aromatic N) is 1. The number of amides is 4. The molecular formula is C28H27BrCl2N4O4. The van der Waals surface area contributed by atoms with Crippen LogP contribution >= 0.6 is 39.1 Å². The van der Waals surface area contributed by atoms with Gasteiger partial charge >= 0.3 is 12.1 Å². The Hall–Kier alpha value is -3.27. The number of hydrogen-bond donors (Lipinski definition) is 3. The molecule has 0 aliphatic carbocycles. The van der Waals surface area contributed by atoms with Crippen LogP contribution in [0.15, 0.2) is 71.2 Å². The van der Waals surface area contributed by atoms with Gasteiger partial charge in [0, 0.05) is 21.4 Å². The van der Waals surface area contributed by atoms with E-state index >= 15 is 0 Å². The molecule has 204 valence electrons. The summed E-state index contributed by atoms with van der Waals surface area (Å²) in [7, 11) is 0. The first-order valence-corrected chi connectivity index (χ1v) is 13.6. The van der Waals surface area contributed by atoms with E-state index in [1.807, 2.05) is 24.3 Å². The van der Waals surface area contributed by atoms with E-state index in [0.717, 1.165) is 10.0 Å². The van der Waals surface area contributed by atoms with Crippen molar-refractivity contribution in [2.75, 3.05) is 23.7 Å². The lowest BCUT2D eigenvalue weighted by molar-refractivity contribution is -0.0168. The number of carbonyl (C=O) groups excluding carboxylic acids is 3. The minimum Gasteiger partial charge on any atom is -0.444 e. The molecule has 4 amide bonds. The lowest BCUT2D eigenvalue weighted by Gasteiger charge is -2.50. The van der Waals surface area contributed by atoms with Crippen LogP contribution in [0.25, 0.3) is 0 Å². The van der Waals surface area contributed by atoms with Crippen LogP contribution in [0, 0.1) is 0 Å². The summed E-state index contributed by atoms with van der Waals surface area (Å²) in [6, 6.07) is 18.4. The molecule has 8 nitrogen and oxygen atoms in total. The first-order valence-electron chi connectivity index (χ1n) is 12.0. The van der Waals surface area contributed by atoms with E-state index < -0.39 is 23.3 Å². The van der Waals surface area contributed by atoms with Gasteiger partial charge in [0.1, 0.15) is 11.1 Å². The van der Waals surface area contributed by atoms with Gasteiger partial charge in [-0.15, -0.1) is 0 Å². The fraction of sp³-hybridized carbons (Fsp3) is 0.250. The predicted molar refractivity (Wildman–Crippen MR) is 157 cm³/mol. The average Bonchev–Trinajstić information content (AvgIpc) is 2.83. The number of likely N-dealkylation sites (tertiary alicyclic amines) is 1. The second-order valence-electron chi connectivity index (χ2n) is 10.2. The van der Waals surface area contributed by atoms with Crippen molar-refractivity contribution in [1.82, 2.24) is 10.2 Å². The Balaban J connectivity index is 1.47. The first kappa shape index (κ1) is 28.7. The van der Waals surface area contributed by atoms with Gasteiger partial charge in [-0.25, -0.2) is 9.59 Å². The van der Waals surface area contributed by atoms with Gasteiger partial charge in [-0.3, -0.25) is 4.79 Å². The molecule has 1 fully saturated rings. The van der Waals surface area contributed by atoms with Gasteiger partial charge in [0.25, 0.3) is 5.91 Å². The van der Waals surface area contributed by atoms with Crippen molar-refractivity contribution in [3.63, 3.8) is 0 Å². The highest BCUT2D eigenvalue weighted by atomic mass is 79.9. The van der Waals surface area contributed by atoms with Gasteiger partial charge in [-0.05, 0) is 74.9 Å². The molecule has 0 saturated carbocycles. The van der Waals surface area contributed by atoms with Crippen molar-refractivity contribution in [2.45, 2.75) is 31.9 Å². The molecule has 0 atom stereocenters. The number of benzene rings is 3. The maximum absolute atomic E-state index is 13.4. The van der Waals surface area contributed by atoms with Crippen LogP contribution in [-0.2, 0) is 10.3 Å². The number of anilines is 2. The average molecular weight is 634 g/mol. The summed E-state index contributed by atoms with van der Waals surface area (Å²) < 4.78 is 6.39. The van der Waals surface area contributed by atoms with Gasteiger partial charge in [0.15, 0.2) is 0 Å². The smallest absolute Gasteiger partial charge is 0.410 e. The third-order valence-corrected chi connectivity index (χ3v) is 7.15. The normalized spacial score (nSPS) is 14.2. The van der Waals surface area contributed by atoms with E-state index in [1.54, 1.807) is 62.1 Å². The molecule has 39 heavy (non-hydrogen) atoms. The number of ether oxygens (including phenoxy) is 1. The Morgan fingerprint density at radius 3 is 2.15 bits per heavy atom. The summed E-state index contributed by atoms with van der Waals surface area (Å²) in [5.74, 6) is -0.352. The zero-order chi connectivity index (χ0) is 28.4. The van der Waals surface area contributed by atoms with Crippen molar-refractivity contribution >= 4 is 68.5 Å². The molecule has 0 radical (unpaired) electrons. The molecule has 3 aromatic rings. The number of nitrogens with one attached hydrogen (secondary N) is 3. The van der Waals surface area contributed by atoms with Crippen LogP contribution in [-0.4, -0.2) is 41.6 Å². The Kier molecular flexibility index (Phi) is 8.44. The van der Waals surface area contributed by atoms with E-state index in [-0.39, 0.29) is 19.0 Å². The molecule has 1 aliphatic heterocycles. The van der Waals surface area contributed by atoms with Crippen molar-refractivity contribution in [3.05, 3.63) is 92.4 Å². The fourth-order valence-electron chi connectivity index (χ4n) is 4.06. The van der Waals surface area contributed by atoms with Crippen molar-refractivity contribution < 1.29 is 19.1 Å². The third kappa shape index (κ3) is 7.23. The Morgan fingerprint density at radius 1 is 0.897 bits per heavy atom. The maximum Gasteiger partial charge on any atom is 0.410 e. The predicted octanol–water partition coefficient (Wildman–Crippen LogP) is 7.28. The van der Waals surface area contributed by atoms with E-state index in [4.69, 9.17) is 27.9 Å². The van der Waals surface area contributed by atoms with Gasteiger partial charge in [0.2, 0.25) is 0 Å². The summed E-state index contributed by atoms with van der Waals surface area (Å²) in [6.45, 7) is 5.92. The SMILES string of the molecule is CC(C)(C)OC(=O)N1CC(NC(=O)c2cccc(NC(=O)Nc3ccc(Cl)c(Cl)c3)c2)(c2ccc(Br)cc2)C1. The molecule has 0 spiro atoms. The molecule has 3 aromatic carbocycles. The second-order valence-corrected chi connectivity index (χ2v) is 11.9. The minimum absolute atomic E-state index is 0.249. The Labute approximate surface area is 245 Å². The van der Waals surface area contributed by atoms with Crippen molar-refractivity contribution in [3.8, 4) is 0 Å². The highest BCUT2D eigenvalue weighted by Gasteiger charge is 2.49. The zero-order valence-corrected chi connectivity index (χ0v) is 24.6.